The fraction of sp³-hybridized carbons (Fsp3) is 0.471. The maximum atomic E-state index is 12.9. The standard InChI is InChI=1S/C17H19N5O4.ClH/c1-21-19-14(18-20-21)11-3-5-12(6-4-11)15(23)22-7-13-8-26-10-17(13,9-22)16(24)25-2;/h3-6,13H,7-10H2,1-2H3;1H/t13-,17-;/m0./s1. The molecule has 0 N–H and O–H groups in total. The number of aryl methyl sites for hydroxylation is 1. The van der Waals surface area contributed by atoms with Gasteiger partial charge in [0.2, 0.25) is 5.82 Å². The number of fused-ring (bicyclic) bond motifs is 1. The first-order valence-electron chi connectivity index (χ1n) is 8.33. The van der Waals surface area contributed by atoms with Crippen LogP contribution in [0.1, 0.15) is 10.4 Å². The second kappa shape index (κ2) is 7.24. The third-order valence-electron chi connectivity index (χ3n) is 5.15. The Bertz CT molecular complexity index is 855. The maximum Gasteiger partial charge on any atom is 0.316 e. The SMILES string of the molecule is COC(=O)[C@@]12COC[C@@H]1CN(C(=O)c1ccc(-c3nnn(C)n3)cc1)C2.Cl. The Labute approximate surface area is 162 Å². The van der Waals surface area contributed by atoms with E-state index in [-0.39, 0.29) is 30.2 Å². The highest BCUT2D eigenvalue weighted by atomic mass is 35.5. The van der Waals surface area contributed by atoms with Crippen molar-refractivity contribution in [3.63, 3.8) is 0 Å². The number of hydrogen-bond donors (Lipinski definition) is 0. The Morgan fingerprint density at radius 2 is 2.04 bits per heavy atom. The monoisotopic (exact) mass is 393 g/mol. The molecule has 4 rings (SSSR count). The van der Waals surface area contributed by atoms with Gasteiger partial charge in [0.1, 0.15) is 5.41 Å². The number of carbonyl (C=O) groups excluding carboxylic acids is 2. The minimum absolute atomic E-state index is 0. The Hall–Kier alpha value is -2.52. The predicted molar refractivity (Wildman–Crippen MR) is 96.1 cm³/mol. The molecule has 0 spiro atoms. The molecular weight excluding hydrogens is 374 g/mol. The Kier molecular flexibility index (Phi) is 5.16. The highest BCUT2D eigenvalue weighted by Gasteiger charge is 2.57. The van der Waals surface area contributed by atoms with E-state index < -0.39 is 5.41 Å². The zero-order chi connectivity index (χ0) is 18.3. The minimum atomic E-state index is -0.742. The van der Waals surface area contributed by atoms with E-state index in [1.165, 1.54) is 11.9 Å². The third kappa shape index (κ3) is 3.17. The summed E-state index contributed by atoms with van der Waals surface area (Å²) < 4.78 is 10.4. The number of halogens is 1. The molecule has 0 radical (unpaired) electrons. The van der Waals surface area contributed by atoms with Crippen molar-refractivity contribution in [2.45, 2.75) is 0 Å². The van der Waals surface area contributed by atoms with Gasteiger partial charge in [0.15, 0.2) is 0 Å². The largest absolute Gasteiger partial charge is 0.468 e. The Morgan fingerprint density at radius 1 is 1.30 bits per heavy atom. The number of likely N-dealkylation sites (tertiary alicyclic amines) is 1. The van der Waals surface area contributed by atoms with E-state index in [1.807, 2.05) is 0 Å². The van der Waals surface area contributed by atoms with Crippen molar-refractivity contribution in [3.05, 3.63) is 29.8 Å². The van der Waals surface area contributed by atoms with E-state index >= 15 is 0 Å². The van der Waals surface area contributed by atoms with Gasteiger partial charge < -0.3 is 14.4 Å². The molecule has 27 heavy (non-hydrogen) atoms. The van der Waals surface area contributed by atoms with Crippen LogP contribution in [0.3, 0.4) is 0 Å². The maximum absolute atomic E-state index is 12.9. The molecule has 144 valence electrons. The number of benzene rings is 1. The van der Waals surface area contributed by atoms with Gasteiger partial charge in [0.25, 0.3) is 5.91 Å². The molecule has 2 saturated heterocycles. The second-order valence-corrected chi connectivity index (χ2v) is 6.73. The second-order valence-electron chi connectivity index (χ2n) is 6.73. The molecule has 0 saturated carbocycles. The summed E-state index contributed by atoms with van der Waals surface area (Å²) in [5.74, 6) is 0.0617. The molecule has 0 bridgehead atoms. The van der Waals surface area contributed by atoms with Crippen LogP contribution < -0.4 is 0 Å². The third-order valence-corrected chi connectivity index (χ3v) is 5.15. The lowest BCUT2D eigenvalue weighted by Crippen LogP contribution is -2.41. The molecule has 2 atom stereocenters. The number of esters is 1. The van der Waals surface area contributed by atoms with Gasteiger partial charge >= 0.3 is 5.97 Å². The number of hydrogen-bond acceptors (Lipinski definition) is 7. The zero-order valence-electron chi connectivity index (χ0n) is 15.0. The number of tetrazole rings is 1. The summed E-state index contributed by atoms with van der Waals surface area (Å²) in [6.07, 6.45) is 0. The predicted octanol–water partition coefficient (Wildman–Crippen LogP) is 0.560. The van der Waals surface area contributed by atoms with Crippen molar-refractivity contribution < 1.29 is 19.1 Å². The lowest BCUT2D eigenvalue weighted by molar-refractivity contribution is -0.153. The average molecular weight is 394 g/mol. The minimum Gasteiger partial charge on any atom is -0.468 e. The topological polar surface area (TPSA) is 99.4 Å². The van der Waals surface area contributed by atoms with Gasteiger partial charge in [-0.25, -0.2) is 0 Å². The first-order chi connectivity index (χ1) is 12.5. The summed E-state index contributed by atoms with van der Waals surface area (Å²) in [4.78, 5) is 28.2. The van der Waals surface area contributed by atoms with E-state index in [9.17, 15) is 9.59 Å². The number of aromatic nitrogens is 4. The molecule has 2 aliphatic rings. The van der Waals surface area contributed by atoms with Crippen LogP contribution in [0.15, 0.2) is 24.3 Å². The summed E-state index contributed by atoms with van der Waals surface area (Å²) in [6, 6.07) is 7.06. The highest BCUT2D eigenvalue weighted by molar-refractivity contribution is 5.95. The number of amides is 1. The van der Waals surface area contributed by atoms with Gasteiger partial charge in [-0.2, -0.15) is 4.80 Å². The zero-order valence-corrected chi connectivity index (χ0v) is 15.8. The lowest BCUT2D eigenvalue weighted by atomic mass is 9.81. The Morgan fingerprint density at radius 3 is 2.67 bits per heavy atom. The molecule has 0 unspecified atom stereocenters. The first-order valence-corrected chi connectivity index (χ1v) is 8.33. The molecule has 1 amide bonds. The molecule has 10 heteroatoms. The van der Waals surface area contributed by atoms with E-state index in [0.717, 1.165) is 5.56 Å². The van der Waals surface area contributed by atoms with Gasteiger partial charge in [-0.3, -0.25) is 9.59 Å². The fourth-order valence-electron chi connectivity index (χ4n) is 3.73. The van der Waals surface area contributed by atoms with Crippen LogP contribution in [0.25, 0.3) is 11.4 Å². The number of rotatable bonds is 3. The molecule has 3 heterocycles. The van der Waals surface area contributed by atoms with Crippen LogP contribution in [-0.2, 0) is 21.3 Å². The van der Waals surface area contributed by atoms with Crippen LogP contribution in [-0.4, -0.2) is 70.4 Å². The molecule has 2 fully saturated rings. The van der Waals surface area contributed by atoms with Crippen molar-refractivity contribution in [1.29, 1.82) is 0 Å². The molecule has 1 aromatic carbocycles. The highest BCUT2D eigenvalue weighted by Crippen LogP contribution is 2.42. The molecular formula is C17H20ClN5O4. The van der Waals surface area contributed by atoms with E-state index in [4.69, 9.17) is 9.47 Å². The quantitative estimate of drug-likeness (QED) is 0.702. The number of nitrogens with zero attached hydrogens (tertiary/aromatic N) is 5. The molecule has 9 nitrogen and oxygen atoms in total. The first kappa shape index (κ1) is 19.2. The Balaban J connectivity index is 0.00000210. The van der Waals surface area contributed by atoms with Gasteiger partial charge in [-0.05, 0) is 17.3 Å². The number of ether oxygens (including phenoxy) is 2. The van der Waals surface area contributed by atoms with Crippen molar-refractivity contribution in [2.75, 3.05) is 33.4 Å². The summed E-state index contributed by atoms with van der Waals surface area (Å²) in [5.41, 5.74) is 0.597. The molecule has 2 aliphatic heterocycles. The van der Waals surface area contributed by atoms with Crippen molar-refractivity contribution in [3.8, 4) is 11.4 Å². The van der Waals surface area contributed by atoms with E-state index in [0.29, 0.717) is 37.7 Å². The van der Waals surface area contributed by atoms with Crippen LogP contribution in [0.4, 0.5) is 0 Å². The van der Waals surface area contributed by atoms with Gasteiger partial charge in [-0.15, -0.1) is 22.6 Å². The molecule has 2 aromatic rings. The van der Waals surface area contributed by atoms with Crippen LogP contribution in [0.5, 0.6) is 0 Å². The summed E-state index contributed by atoms with van der Waals surface area (Å²) in [6.45, 7) is 1.57. The van der Waals surface area contributed by atoms with Gasteiger partial charge in [0.05, 0.1) is 27.4 Å². The summed E-state index contributed by atoms with van der Waals surface area (Å²) in [5, 5.41) is 11.9. The lowest BCUT2D eigenvalue weighted by Gasteiger charge is -2.23. The van der Waals surface area contributed by atoms with Crippen molar-refractivity contribution in [1.82, 2.24) is 25.1 Å². The average Bonchev–Trinajstić information content (AvgIpc) is 3.34. The molecule has 0 aliphatic carbocycles. The van der Waals surface area contributed by atoms with Gasteiger partial charge in [-0.1, -0.05) is 12.1 Å². The van der Waals surface area contributed by atoms with E-state index in [1.54, 1.807) is 36.2 Å². The molecule has 1 aromatic heterocycles. The van der Waals surface area contributed by atoms with Gasteiger partial charge in [0, 0.05) is 30.1 Å². The number of carbonyl (C=O) groups is 2. The summed E-state index contributed by atoms with van der Waals surface area (Å²) >= 11 is 0. The van der Waals surface area contributed by atoms with Crippen LogP contribution in [0, 0.1) is 11.3 Å². The van der Waals surface area contributed by atoms with Crippen LogP contribution >= 0.6 is 12.4 Å². The van der Waals surface area contributed by atoms with Crippen molar-refractivity contribution >= 4 is 24.3 Å². The van der Waals surface area contributed by atoms with Crippen molar-refractivity contribution in [2.24, 2.45) is 18.4 Å². The fourth-order valence-corrected chi connectivity index (χ4v) is 3.73. The number of methoxy groups -OCH3 is 1. The van der Waals surface area contributed by atoms with E-state index in [2.05, 4.69) is 15.4 Å². The smallest absolute Gasteiger partial charge is 0.316 e. The summed E-state index contributed by atoms with van der Waals surface area (Å²) in [7, 11) is 3.07. The van der Waals surface area contributed by atoms with Crippen LogP contribution in [0.2, 0.25) is 0 Å². The normalized spacial score (nSPS) is 23.6.